The third-order valence-corrected chi connectivity index (χ3v) is 4.91. The van der Waals surface area contributed by atoms with Crippen molar-refractivity contribution in [1.82, 2.24) is 19.5 Å². The SMILES string of the molecule is COCC[C@@]1(n2cnc3c(=O)[nH]c(N)nc32)O[C@H](COP(=O)(O)O)[C@@H](O)[C@H]1O. The van der Waals surface area contributed by atoms with E-state index in [-0.39, 0.29) is 30.1 Å². The average Bonchev–Trinajstić information content (AvgIpc) is 3.13. The number of hydrogen-bond donors (Lipinski definition) is 6. The Morgan fingerprint density at radius 3 is 2.82 bits per heavy atom. The number of hydrogen-bond acceptors (Lipinski definition) is 10. The van der Waals surface area contributed by atoms with Gasteiger partial charge in [-0.15, -0.1) is 0 Å². The second-order valence-corrected chi connectivity index (χ2v) is 7.44. The highest BCUT2D eigenvalue weighted by atomic mass is 31.2. The number of nitrogens with zero attached hydrogens (tertiary/aromatic N) is 3. The number of imidazole rings is 1. The van der Waals surface area contributed by atoms with Gasteiger partial charge in [0, 0.05) is 13.5 Å². The Morgan fingerprint density at radius 1 is 1.46 bits per heavy atom. The van der Waals surface area contributed by atoms with E-state index in [1.165, 1.54) is 18.0 Å². The lowest BCUT2D eigenvalue weighted by atomic mass is 9.99. The second-order valence-electron chi connectivity index (χ2n) is 6.20. The number of aliphatic hydroxyl groups is 2. The minimum absolute atomic E-state index is 0.0137. The van der Waals surface area contributed by atoms with E-state index in [4.69, 9.17) is 25.0 Å². The monoisotopic (exact) mass is 421 g/mol. The molecule has 14 nitrogen and oxygen atoms in total. The molecule has 2 aromatic heterocycles. The van der Waals surface area contributed by atoms with Gasteiger partial charge in [-0.1, -0.05) is 0 Å². The van der Waals surface area contributed by atoms with Crippen LogP contribution in [0.5, 0.6) is 0 Å². The first kappa shape index (κ1) is 20.8. The molecule has 3 rings (SSSR count). The van der Waals surface area contributed by atoms with Crippen LogP contribution < -0.4 is 11.3 Å². The molecule has 1 saturated heterocycles. The first-order chi connectivity index (χ1) is 13.1. The van der Waals surface area contributed by atoms with Gasteiger partial charge < -0.3 is 35.2 Å². The highest BCUT2D eigenvalue weighted by Gasteiger charge is 2.56. The largest absolute Gasteiger partial charge is 0.469 e. The summed E-state index contributed by atoms with van der Waals surface area (Å²) in [4.78, 5) is 40.1. The molecule has 2 aromatic rings. The molecule has 0 aromatic carbocycles. The maximum Gasteiger partial charge on any atom is 0.469 e. The highest BCUT2D eigenvalue weighted by molar-refractivity contribution is 7.46. The zero-order valence-electron chi connectivity index (χ0n) is 14.6. The molecule has 28 heavy (non-hydrogen) atoms. The third-order valence-electron chi connectivity index (χ3n) is 4.43. The smallest absolute Gasteiger partial charge is 0.387 e. The number of rotatable bonds is 7. The summed E-state index contributed by atoms with van der Waals surface area (Å²) in [6.07, 6.45) is -3.29. The van der Waals surface area contributed by atoms with Crippen LogP contribution in [0.1, 0.15) is 6.42 Å². The Bertz CT molecular complexity index is 958. The number of phosphoric acid groups is 1. The Balaban J connectivity index is 2.07. The van der Waals surface area contributed by atoms with E-state index in [1.807, 2.05) is 0 Å². The van der Waals surface area contributed by atoms with E-state index in [0.29, 0.717) is 0 Å². The van der Waals surface area contributed by atoms with Crippen molar-refractivity contribution >= 4 is 24.9 Å². The standard InChI is InChI=1S/C13H20N5O9P/c1-25-3-2-13(9(20)8(19)6(27-13)4-26-28(22,23)24)18-5-15-7-10(18)16-12(14)17-11(7)21/h5-6,8-9,19-20H,2-4H2,1H3,(H2,22,23,24)(H3,14,16,17,21)/t6-,8-,9-,13-/m1/s1. The van der Waals surface area contributed by atoms with Crippen molar-refractivity contribution < 1.29 is 38.6 Å². The zero-order valence-corrected chi connectivity index (χ0v) is 15.5. The highest BCUT2D eigenvalue weighted by Crippen LogP contribution is 2.42. The number of anilines is 1. The summed E-state index contributed by atoms with van der Waals surface area (Å²) < 4.78 is 27.4. The van der Waals surface area contributed by atoms with E-state index in [0.717, 1.165) is 0 Å². The Morgan fingerprint density at radius 2 is 2.18 bits per heavy atom. The van der Waals surface area contributed by atoms with Crippen LogP contribution in [-0.4, -0.2) is 78.2 Å². The van der Waals surface area contributed by atoms with Crippen molar-refractivity contribution in [2.24, 2.45) is 0 Å². The molecule has 0 radical (unpaired) electrons. The first-order valence-corrected chi connectivity index (χ1v) is 9.58. The van der Waals surface area contributed by atoms with Crippen LogP contribution in [0.2, 0.25) is 0 Å². The Labute approximate surface area is 157 Å². The molecule has 15 heteroatoms. The van der Waals surface area contributed by atoms with Gasteiger partial charge in [0.05, 0.1) is 19.5 Å². The average molecular weight is 421 g/mol. The van der Waals surface area contributed by atoms with Gasteiger partial charge in [0.15, 0.2) is 16.9 Å². The van der Waals surface area contributed by atoms with E-state index in [2.05, 4.69) is 19.5 Å². The molecule has 0 aliphatic carbocycles. The van der Waals surface area contributed by atoms with Crippen molar-refractivity contribution in [1.29, 1.82) is 0 Å². The van der Waals surface area contributed by atoms with Crippen LogP contribution in [0.25, 0.3) is 11.2 Å². The van der Waals surface area contributed by atoms with Crippen molar-refractivity contribution in [3.63, 3.8) is 0 Å². The number of ether oxygens (including phenoxy) is 2. The number of fused-ring (bicyclic) bond motifs is 1. The number of methoxy groups -OCH3 is 1. The van der Waals surface area contributed by atoms with Gasteiger partial charge >= 0.3 is 7.82 Å². The van der Waals surface area contributed by atoms with Gasteiger partial charge in [-0.25, -0.2) is 9.55 Å². The summed E-state index contributed by atoms with van der Waals surface area (Å²) in [6, 6.07) is 0. The summed E-state index contributed by atoms with van der Waals surface area (Å²) in [5.74, 6) is -0.199. The van der Waals surface area contributed by atoms with Crippen LogP contribution in [0.15, 0.2) is 11.1 Å². The molecule has 1 fully saturated rings. The number of phosphoric ester groups is 1. The molecule has 1 aliphatic heterocycles. The first-order valence-electron chi connectivity index (χ1n) is 8.05. The molecular weight excluding hydrogens is 401 g/mol. The molecule has 3 heterocycles. The lowest BCUT2D eigenvalue weighted by Crippen LogP contribution is -2.46. The van der Waals surface area contributed by atoms with Crippen molar-refractivity contribution in [2.45, 2.75) is 30.5 Å². The van der Waals surface area contributed by atoms with Gasteiger partial charge in [-0.05, 0) is 0 Å². The molecule has 1 aliphatic rings. The minimum atomic E-state index is -4.83. The van der Waals surface area contributed by atoms with Gasteiger partial charge in [-0.3, -0.25) is 18.9 Å². The minimum Gasteiger partial charge on any atom is -0.387 e. The summed E-state index contributed by atoms with van der Waals surface area (Å²) in [5, 5.41) is 21.1. The predicted molar refractivity (Wildman–Crippen MR) is 91.9 cm³/mol. The molecule has 0 amide bonds. The molecule has 0 saturated carbocycles. The molecule has 0 unspecified atom stereocenters. The molecule has 156 valence electrons. The van der Waals surface area contributed by atoms with Gasteiger partial charge in [0.2, 0.25) is 5.95 Å². The molecule has 4 atom stereocenters. The quantitative estimate of drug-likeness (QED) is 0.258. The molecule has 0 spiro atoms. The molecule has 0 bridgehead atoms. The second kappa shape index (κ2) is 7.50. The Hall–Kier alpha value is -1.90. The normalized spacial score (nSPS) is 28.2. The van der Waals surface area contributed by atoms with Gasteiger partial charge in [-0.2, -0.15) is 4.98 Å². The fraction of sp³-hybridized carbons (Fsp3) is 0.615. The lowest BCUT2D eigenvalue weighted by molar-refractivity contribution is -0.156. The number of aliphatic hydroxyl groups excluding tert-OH is 2. The number of H-pyrrole nitrogens is 1. The van der Waals surface area contributed by atoms with Crippen LogP contribution in [0.4, 0.5) is 5.95 Å². The van der Waals surface area contributed by atoms with Crippen LogP contribution in [0.3, 0.4) is 0 Å². The number of aromatic nitrogens is 4. The zero-order chi connectivity index (χ0) is 20.7. The van der Waals surface area contributed by atoms with Gasteiger partial charge in [0.25, 0.3) is 5.56 Å². The van der Waals surface area contributed by atoms with Crippen LogP contribution in [0, 0.1) is 0 Å². The number of nitrogens with two attached hydrogens (primary N) is 1. The lowest BCUT2D eigenvalue weighted by Gasteiger charge is -2.33. The maximum absolute atomic E-state index is 12.0. The molecular formula is C13H20N5O9P. The summed E-state index contributed by atoms with van der Waals surface area (Å²) >= 11 is 0. The fourth-order valence-corrected chi connectivity index (χ4v) is 3.49. The van der Waals surface area contributed by atoms with Crippen molar-refractivity contribution in [3.8, 4) is 0 Å². The Kier molecular flexibility index (Phi) is 5.58. The topological polar surface area (TPSA) is 215 Å². The van der Waals surface area contributed by atoms with E-state index < -0.39 is 44.0 Å². The van der Waals surface area contributed by atoms with Crippen molar-refractivity contribution in [2.75, 3.05) is 26.1 Å². The number of nitrogens with one attached hydrogen (secondary N) is 1. The summed E-state index contributed by atoms with van der Waals surface area (Å²) in [7, 11) is -3.42. The van der Waals surface area contributed by atoms with E-state index in [9.17, 15) is 19.6 Å². The van der Waals surface area contributed by atoms with Crippen LogP contribution in [-0.2, 0) is 24.3 Å². The molecule has 7 N–H and O–H groups in total. The van der Waals surface area contributed by atoms with Gasteiger partial charge in [0.1, 0.15) is 18.3 Å². The maximum atomic E-state index is 12.0. The number of nitrogen functional groups attached to an aromatic ring is 1. The number of aromatic amines is 1. The summed E-state index contributed by atoms with van der Waals surface area (Å²) in [6.45, 7) is -0.631. The van der Waals surface area contributed by atoms with E-state index in [1.54, 1.807) is 0 Å². The van der Waals surface area contributed by atoms with Crippen molar-refractivity contribution in [3.05, 3.63) is 16.7 Å². The predicted octanol–water partition coefficient (Wildman–Crippen LogP) is -2.38. The third kappa shape index (κ3) is 3.68. The van der Waals surface area contributed by atoms with Crippen LogP contribution >= 0.6 is 7.82 Å². The summed E-state index contributed by atoms with van der Waals surface area (Å²) in [5.41, 5.74) is 3.18. The van der Waals surface area contributed by atoms with E-state index >= 15 is 0 Å². The fourth-order valence-electron chi connectivity index (χ4n) is 3.15.